The van der Waals surface area contributed by atoms with Gasteiger partial charge in [-0.3, -0.25) is 0 Å². The van der Waals surface area contributed by atoms with E-state index in [1.54, 1.807) is 0 Å². The Balaban J connectivity index is 1.06. The highest BCUT2D eigenvalue weighted by Crippen LogP contribution is 2.44. The van der Waals surface area contributed by atoms with Gasteiger partial charge < -0.3 is 54.3 Å². The molecule has 11 nitrogen and oxygen atoms in total. The standard InChI is InChI=1S/C50H50O11/c51-33-48(46(56)43(53)41(60-48)32-58-50(37-25-13-4-14-26-37,38-27-15-5-16-28-38)39-29-17-6-18-30-39)61-47-45(55)44(54)42(52)40(59-47)31-57-49(34-19-7-1-8-20-34,35-21-9-2-10-22-35)36-23-11-3-12-24-36/h1-30,40-47,51-56H,31-33H2/t40-,41-,42-,43-,44+,45-,46+,47-,48+/m1/s1. The fourth-order valence-corrected chi connectivity index (χ4v) is 8.56. The lowest BCUT2D eigenvalue weighted by molar-refractivity contribution is -0.385. The van der Waals surface area contributed by atoms with Crippen molar-refractivity contribution in [1.82, 2.24) is 0 Å². The second kappa shape index (κ2) is 18.5. The Morgan fingerprint density at radius 1 is 0.426 bits per heavy atom. The van der Waals surface area contributed by atoms with Gasteiger partial charge in [-0.1, -0.05) is 182 Å². The summed E-state index contributed by atoms with van der Waals surface area (Å²) in [6, 6.07) is 57.4. The van der Waals surface area contributed by atoms with Gasteiger partial charge in [0.25, 0.3) is 0 Å². The topological polar surface area (TPSA) is 168 Å². The molecule has 2 aliphatic heterocycles. The molecule has 0 aliphatic carbocycles. The molecule has 2 heterocycles. The van der Waals surface area contributed by atoms with Crippen molar-refractivity contribution in [2.45, 2.75) is 66.0 Å². The van der Waals surface area contributed by atoms with E-state index >= 15 is 0 Å². The van der Waals surface area contributed by atoms with E-state index in [0.29, 0.717) is 0 Å². The molecule has 2 saturated heterocycles. The van der Waals surface area contributed by atoms with Gasteiger partial charge >= 0.3 is 0 Å². The predicted molar refractivity (Wildman–Crippen MR) is 225 cm³/mol. The van der Waals surface area contributed by atoms with Crippen LogP contribution < -0.4 is 0 Å². The quantitative estimate of drug-likeness (QED) is 0.0800. The minimum absolute atomic E-state index is 0.297. The maximum absolute atomic E-state index is 11.6. The number of aliphatic hydroxyl groups is 6. The van der Waals surface area contributed by atoms with Crippen molar-refractivity contribution >= 4 is 0 Å². The molecular formula is C50H50O11. The summed E-state index contributed by atoms with van der Waals surface area (Å²) in [4.78, 5) is 0. The Bertz CT molecular complexity index is 2060. The summed E-state index contributed by atoms with van der Waals surface area (Å²) in [5.74, 6) is -2.36. The summed E-state index contributed by atoms with van der Waals surface area (Å²) in [6.45, 7) is -1.61. The van der Waals surface area contributed by atoms with Crippen molar-refractivity contribution in [1.29, 1.82) is 0 Å². The van der Waals surface area contributed by atoms with Gasteiger partial charge in [0.2, 0.25) is 5.79 Å². The third-order valence-electron chi connectivity index (χ3n) is 11.7. The lowest BCUT2D eigenvalue weighted by Gasteiger charge is -2.45. The lowest BCUT2D eigenvalue weighted by atomic mass is 9.80. The zero-order valence-corrected chi connectivity index (χ0v) is 33.3. The first-order valence-electron chi connectivity index (χ1n) is 20.4. The molecule has 316 valence electrons. The van der Waals surface area contributed by atoms with Crippen LogP contribution in [0, 0.1) is 0 Å². The van der Waals surface area contributed by atoms with Crippen molar-refractivity contribution in [2.24, 2.45) is 0 Å². The molecule has 61 heavy (non-hydrogen) atoms. The third kappa shape index (κ3) is 8.07. The molecule has 6 N–H and O–H groups in total. The third-order valence-corrected chi connectivity index (χ3v) is 11.7. The van der Waals surface area contributed by atoms with Crippen LogP contribution in [0.2, 0.25) is 0 Å². The van der Waals surface area contributed by atoms with Gasteiger partial charge in [0, 0.05) is 0 Å². The Kier molecular flexibility index (Phi) is 12.9. The second-order valence-electron chi connectivity index (χ2n) is 15.4. The molecule has 6 aromatic rings. The molecule has 0 radical (unpaired) electrons. The highest BCUT2D eigenvalue weighted by atomic mass is 16.8. The number of hydrogen-bond acceptors (Lipinski definition) is 11. The number of rotatable bonds is 15. The van der Waals surface area contributed by atoms with Crippen molar-refractivity contribution < 1.29 is 54.3 Å². The van der Waals surface area contributed by atoms with E-state index in [1.165, 1.54) is 0 Å². The maximum Gasteiger partial charge on any atom is 0.224 e. The maximum atomic E-state index is 11.6. The largest absolute Gasteiger partial charge is 0.391 e. The minimum atomic E-state index is -2.36. The summed E-state index contributed by atoms with van der Waals surface area (Å²) in [7, 11) is 0. The molecule has 0 aromatic heterocycles. The van der Waals surface area contributed by atoms with Gasteiger partial charge in [0.15, 0.2) is 6.29 Å². The number of benzene rings is 6. The summed E-state index contributed by atoms with van der Waals surface area (Å²) in [5.41, 5.74) is 2.31. The molecule has 11 heteroatoms. The van der Waals surface area contributed by atoms with Gasteiger partial charge in [-0.2, -0.15) is 0 Å². The Labute approximate surface area is 354 Å². The van der Waals surface area contributed by atoms with Gasteiger partial charge in [-0.05, 0) is 33.4 Å². The van der Waals surface area contributed by atoms with Crippen LogP contribution in [-0.4, -0.2) is 105 Å². The monoisotopic (exact) mass is 826 g/mol. The smallest absolute Gasteiger partial charge is 0.224 e. The van der Waals surface area contributed by atoms with Crippen LogP contribution in [0.4, 0.5) is 0 Å². The van der Waals surface area contributed by atoms with E-state index in [2.05, 4.69) is 0 Å². The molecule has 0 spiro atoms. The second-order valence-corrected chi connectivity index (χ2v) is 15.4. The molecule has 0 saturated carbocycles. The van der Waals surface area contributed by atoms with Crippen LogP contribution in [0.15, 0.2) is 182 Å². The highest BCUT2D eigenvalue weighted by Gasteiger charge is 2.59. The van der Waals surface area contributed by atoms with E-state index in [1.807, 2.05) is 182 Å². The molecule has 2 fully saturated rings. The zero-order chi connectivity index (χ0) is 42.5. The van der Waals surface area contributed by atoms with Crippen LogP contribution >= 0.6 is 0 Å². The summed E-state index contributed by atoms with van der Waals surface area (Å²) in [5, 5.41) is 67.7. The van der Waals surface area contributed by atoms with Crippen molar-refractivity contribution in [3.63, 3.8) is 0 Å². The van der Waals surface area contributed by atoms with Gasteiger partial charge in [0.1, 0.15) is 60.5 Å². The normalized spacial score (nSPS) is 26.9. The molecular weight excluding hydrogens is 777 g/mol. The summed E-state index contributed by atoms with van der Waals surface area (Å²) < 4.78 is 32.2. The first-order valence-corrected chi connectivity index (χ1v) is 20.4. The van der Waals surface area contributed by atoms with E-state index in [-0.39, 0.29) is 13.2 Å². The Hall–Kier alpha value is -5.12. The average Bonchev–Trinajstić information content (AvgIpc) is 3.56. The fourth-order valence-electron chi connectivity index (χ4n) is 8.56. The van der Waals surface area contributed by atoms with Gasteiger partial charge in [0.05, 0.1) is 13.2 Å². The molecule has 6 aromatic carbocycles. The van der Waals surface area contributed by atoms with Crippen LogP contribution in [0.5, 0.6) is 0 Å². The first-order chi connectivity index (χ1) is 29.7. The van der Waals surface area contributed by atoms with E-state index < -0.39 is 72.6 Å². The molecule has 2 aliphatic rings. The predicted octanol–water partition coefficient (Wildman–Crippen LogP) is 4.64. The molecule has 9 atom stereocenters. The molecule has 8 rings (SSSR count). The fraction of sp³-hybridized carbons (Fsp3) is 0.280. The van der Waals surface area contributed by atoms with Crippen LogP contribution in [0.25, 0.3) is 0 Å². The summed E-state index contributed by atoms with van der Waals surface area (Å²) in [6.07, 6.45) is -13.2. The Morgan fingerprint density at radius 3 is 1.08 bits per heavy atom. The first kappa shape index (κ1) is 42.6. The molecule has 0 bridgehead atoms. The van der Waals surface area contributed by atoms with Crippen LogP contribution in [-0.2, 0) is 34.9 Å². The molecule has 0 unspecified atom stereocenters. The SMILES string of the molecule is OC[C@@]1(O[C@H]2O[C@H](COC(c3ccccc3)(c3ccccc3)c3ccccc3)[C@@H](O)[C@H](O)[C@H]2O)O[C@H](COC(c2ccccc2)(c2ccccc2)c2ccccc2)[C@@H](O)[C@@H]1O. The van der Waals surface area contributed by atoms with Crippen LogP contribution in [0.1, 0.15) is 33.4 Å². The van der Waals surface area contributed by atoms with Gasteiger partial charge in [-0.25, -0.2) is 0 Å². The highest BCUT2D eigenvalue weighted by molar-refractivity contribution is 5.49. The number of aliphatic hydroxyl groups excluding tert-OH is 6. The van der Waals surface area contributed by atoms with E-state index in [9.17, 15) is 30.6 Å². The van der Waals surface area contributed by atoms with Gasteiger partial charge in [-0.15, -0.1) is 0 Å². The number of hydrogen-bond donors (Lipinski definition) is 6. The summed E-state index contributed by atoms with van der Waals surface area (Å²) >= 11 is 0. The van der Waals surface area contributed by atoms with Crippen LogP contribution in [0.3, 0.4) is 0 Å². The zero-order valence-electron chi connectivity index (χ0n) is 33.3. The van der Waals surface area contributed by atoms with Crippen molar-refractivity contribution in [3.8, 4) is 0 Å². The lowest BCUT2D eigenvalue weighted by Crippen LogP contribution is -2.63. The molecule has 0 amide bonds. The van der Waals surface area contributed by atoms with Crippen molar-refractivity contribution in [2.75, 3.05) is 19.8 Å². The van der Waals surface area contributed by atoms with Crippen molar-refractivity contribution in [3.05, 3.63) is 215 Å². The number of ether oxygens (including phenoxy) is 5. The average molecular weight is 827 g/mol. The Morgan fingerprint density at radius 2 is 0.754 bits per heavy atom. The van der Waals surface area contributed by atoms with E-state index in [0.717, 1.165) is 33.4 Å². The minimum Gasteiger partial charge on any atom is -0.391 e. The van der Waals surface area contributed by atoms with E-state index in [4.69, 9.17) is 23.7 Å².